The number of hydrogen-bond acceptors (Lipinski definition) is 5. The minimum atomic E-state index is -0.439. The fourth-order valence-corrected chi connectivity index (χ4v) is 3.65. The Kier molecular flexibility index (Phi) is 6.13. The maximum atomic E-state index is 13.0. The van der Waals surface area contributed by atoms with E-state index in [0.717, 1.165) is 4.47 Å². The zero-order chi connectivity index (χ0) is 22.7. The van der Waals surface area contributed by atoms with Gasteiger partial charge in [0.05, 0.1) is 21.9 Å². The summed E-state index contributed by atoms with van der Waals surface area (Å²) in [5.41, 5.74) is 3.13. The van der Waals surface area contributed by atoms with E-state index in [2.05, 4.69) is 21.0 Å². The van der Waals surface area contributed by atoms with E-state index in [1.807, 2.05) is 42.5 Å². The van der Waals surface area contributed by atoms with Crippen LogP contribution in [0.3, 0.4) is 0 Å². The average molecular weight is 492 g/mol. The van der Waals surface area contributed by atoms with Crippen LogP contribution in [0.25, 0.3) is 6.08 Å². The van der Waals surface area contributed by atoms with Gasteiger partial charge >= 0.3 is 0 Å². The number of hydrazone groups is 1. The third-order valence-corrected chi connectivity index (χ3v) is 5.34. The molecule has 8 heteroatoms. The summed E-state index contributed by atoms with van der Waals surface area (Å²) in [6.45, 7) is 1.94. The van der Waals surface area contributed by atoms with Crippen LogP contribution >= 0.6 is 15.9 Å². The summed E-state index contributed by atoms with van der Waals surface area (Å²) < 4.78 is 6.78. The molecule has 0 saturated carbocycles. The number of carbonyl (C=O) groups is 1. The number of para-hydroxylation sites is 1. The van der Waals surface area contributed by atoms with E-state index in [1.54, 1.807) is 31.2 Å². The summed E-state index contributed by atoms with van der Waals surface area (Å²) in [6, 6.07) is 21.0. The Bertz CT molecular complexity index is 1260. The van der Waals surface area contributed by atoms with Gasteiger partial charge in [-0.2, -0.15) is 10.1 Å². The van der Waals surface area contributed by atoms with Gasteiger partial charge in [0.1, 0.15) is 12.4 Å². The van der Waals surface area contributed by atoms with Gasteiger partial charge in [0, 0.05) is 22.2 Å². The van der Waals surface area contributed by atoms with E-state index in [4.69, 9.17) is 4.74 Å². The van der Waals surface area contributed by atoms with Gasteiger partial charge in [0.25, 0.3) is 11.6 Å². The number of anilines is 1. The van der Waals surface area contributed by atoms with Gasteiger partial charge in [-0.05, 0) is 48.9 Å². The molecule has 0 atom stereocenters. The van der Waals surface area contributed by atoms with Gasteiger partial charge in [-0.25, -0.2) is 0 Å². The van der Waals surface area contributed by atoms with Crippen LogP contribution in [-0.2, 0) is 11.4 Å². The van der Waals surface area contributed by atoms with E-state index in [0.29, 0.717) is 33.8 Å². The van der Waals surface area contributed by atoms with Crippen molar-refractivity contribution in [2.45, 2.75) is 13.5 Å². The van der Waals surface area contributed by atoms with Gasteiger partial charge in [-0.15, -0.1) is 0 Å². The van der Waals surface area contributed by atoms with Crippen LogP contribution in [0.15, 0.2) is 87.9 Å². The number of nitro benzene ring substituents is 1. The zero-order valence-corrected chi connectivity index (χ0v) is 18.7. The molecule has 1 heterocycles. The van der Waals surface area contributed by atoms with Crippen molar-refractivity contribution in [2.24, 2.45) is 5.10 Å². The molecule has 1 aliphatic rings. The number of ether oxygens (including phenoxy) is 1. The van der Waals surface area contributed by atoms with Crippen LogP contribution in [0.1, 0.15) is 18.1 Å². The molecular formula is C24H18BrN3O4. The molecule has 0 unspecified atom stereocenters. The minimum Gasteiger partial charge on any atom is -0.488 e. The molecular weight excluding hydrogens is 474 g/mol. The van der Waals surface area contributed by atoms with Crippen LogP contribution in [-0.4, -0.2) is 16.5 Å². The molecule has 0 spiro atoms. The molecule has 160 valence electrons. The molecule has 0 N–H and O–H groups in total. The molecule has 3 aromatic carbocycles. The van der Waals surface area contributed by atoms with Crippen molar-refractivity contribution in [2.75, 3.05) is 5.01 Å². The fraction of sp³-hybridized carbons (Fsp3) is 0.0833. The first-order valence-electron chi connectivity index (χ1n) is 9.75. The summed E-state index contributed by atoms with van der Waals surface area (Å²) in [7, 11) is 0. The summed E-state index contributed by atoms with van der Waals surface area (Å²) in [5.74, 6) is 0.323. The van der Waals surface area contributed by atoms with Crippen molar-refractivity contribution in [1.29, 1.82) is 0 Å². The lowest BCUT2D eigenvalue weighted by Crippen LogP contribution is -2.21. The summed E-state index contributed by atoms with van der Waals surface area (Å²) in [4.78, 5) is 23.6. The quantitative estimate of drug-likeness (QED) is 0.250. The lowest BCUT2D eigenvalue weighted by Gasteiger charge is -2.12. The van der Waals surface area contributed by atoms with E-state index in [9.17, 15) is 14.9 Å². The Morgan fingerprint density at radius 1 is 1.09 bits per heavy atom. The van der Waals surface area contributed by atoms with Crippen LogP contribution in [0.5, 0.6) is 5.75 Å². The van der Waals surface area contributed by atoms with Crippen LogP contribution < -0.4 is 9.75 Å². The minimum absolute atomic E-state index is 0.00800. The van der Waals surface area contributed by atoms with Gasteiger partial charge in [-0.1, -0.05) is 46.3 Å². The predicted molar refractivity (Wildman–Crippen MR) is 127 cm³/mol. The van der Waals surface area contributed by atoms with E-state index >= 15 is 0 Å². The lowest BCUT2D eigenvalue weighted by molar-refractivity contribution is -0.384. The van der Waals surface area contributed by atoms with Gasteiger partial charge in [-0.3, -0.25) is 14.9 Å². The number of hydrogen-bond donors (Lipinski definition) is 0. The highest BCUT2D eigenvalue weighted by atomic mass is 79.9. The Balaban J connectivity index is 1.61. The normalized spacial score (nSPS) is 14.6. The molecule has 3 aromatic rings. The third-order valence-electron chi connectivity index (χ3n) is 4.85. The molecule has 1 aliphatic heterocycles. The maximum absolute atomic E-state index is 13.0. The number of benzene rings is 3. The second-order valence-electron chi connectivity index (χ2n) is 7.09. The number of carbonyl (C=O) groups excluding carboxylic acids is 1. The lowest BCUT2D eigenvalue weighted by atomic mass is 10.1. The SMILES string of the molecule is CC1=NN(c2ccccc2)C(=O)/C1=C/c1cc(Br)ccc1OCc1cccc([N+](=O)[O-])c1. The highest BCUT2D eigenvalue weighted by Gasteiger charge is 2.28. The third kappa shape index (κ3) is 4.60. The van der Waals surface area contributed by atoms with Crippen molar-refractivity contribution < 1.29 is 14.5 Å². The predicted octanol–water partition coefficient (Wildman–Crippen LogP) is 5.74. The van der Waals surface area contributed by atoms with Crippen molar-refractivity contribution in [3.05, 3.63) is 104 Å². The molecule has 0 saturated heterocycles. The summed E-state index contributed by atoms with van der Waals surface area (Å²) >= 11 is 3.46. The van der Waals surface area contributed by atoms with E-state index in [1.165, 1.54) is 17.1 Å². The largest absolute Gasteiger partial charge is 0.488 e. The highest BCUT2D eigenvalue weighted by Crippen LogP contribution is 2.30. The average Bonchev–Trinajstić information content (AvgIpc) is 3.07. The number of non-ortho nitro benzene ring substituents is 1. The molecule has 0 bridgehead atoms. The number of rotatable bonds is 6. The smallest absolute Gasteiger partial charge is 0.280 e. The van der Waals surface area contributed by atoms with Gasteiger partial charge in [0.15, 0.2) is 0 Å². The molecule has 1 amide bonds. The topological polar surface area (TPSA) is 85.0 Å². The first kappa shape index (κ1) is 21.5. The van der Waals surface area contributed by atoms with Crippen molar-refractivity contribution in [1.82, 2.24) is 0 Å². The maximum Gasteiger partial charge on any atom is 0.280 e. The van der Waals surface area contributed by atoms with E-state index < -0.39 is 4.92 Å². The number of amides is 1. The molecule has 0 radical (unpaired) electrons. The number of nitro groups is 1. The molecule has 0 fully saturated rings. The first-order chi connectivity index (χ1) is 15.4. The molecule has 32 heavy (non-hydrogen) atoms. The second kappa shape index (κ2) is 9.15. The van der Waals surface area contributed by atoms with Crippen LogP contribution in [0, 0.1) is 10.1 Å². The number of nitrogens with zero attached hydrogens (tertiary/aromatic N) is 3. The zero-order valence-electron chi connectivity index (χ0n) is 17.1. The summed E-state index contributed by atoms with van der Waals surface area (Å²) in [5, 5.41) is 16.8. The Morgan fingerprint density at radius 2 is 1.88 bits per heavy atom. The number of halogens is 1. The Morgan fingerprint density at radius 3 is 2.62 bits per heavy atom. The first-order valence-corrected chi connectivity index (χ1v) is 10.5. The van der Waals surface area contributed by atoms with Crippen molar-refractivity contribution in [3.63, 3.8) is 0 Å². The van der Waals surface area contributed by atoms with Crippen molar-refractivity contribution >= 4 is 45.0 Å². The monoisotopic (exact) mass is 491 g/mol. The van der Waals surface area contributed by atoms with E-state index in [-0.39, 0.29) is 18.2 Å². The standard InChI is InChI=1S/C24H18BrN3O4/c1-16-22(24(29)27(26-16)20-7-3-2-4-8-20)14-18-13-19(25)10-11-23(18)32-15-17-6-5-9-21(12-17)28(30)31/h2-14H,15H2,1H3/b22-14+. The molecule has 0 aromatic heterocycles. The summed E-state index contributed by atoms with van der Waals surface area (Å²) in [6.07, 6.45) is 1.75. The van der Waals surface area contributed by atoms with Crippen LogP contribution in [0.2, 0.25) is 0 Å². The highest BCUT2D eigenvalue weighted by molar-refractivity contribution is 9.10. The van der Waals surface area contributed by atoms with Crippen LogP contribution in [0.4, 0.5) is 11.4 Å². The molecule has 7 nitrogen and oxygen atoms in total. The molecule has 0 aliphatic carbocycles. The van der Waals surface area contributed by atoms with Crippen molar-refractivity contribution in [3.8, 4) is 5.75 Å². The van der Waals surface area contributed by atoms with Gasteiger partial charge < -0.3 is 4.74 Å². The van der Waals surface area contributed by atoms with Gasteiger partial charge in [0.2, 0.25) is 0 Å². The second-order valence-corrected chi connectivity index (χ2v) is 8.01. The fourth-order valence-electron chi connectivity index (χ4n) is 3.27. The molecule has 4 rings (SSSR count). The Labute approximate surface area is 192 Å². The Hall–Kier alpha value is -3.78.